The van der Waals surface area contributed by atoms with Crippen molar-refractivity contribution in [1.82, 2.24) is 0 Å². The first-order valence-electron chi connectivity index (χ1n) is 2.94. The molecule has 0 heterocycles. The SMILES string of the molecule is CCCS(=O)(=O)/N=C(/C)[O-]. The highest BCUT2D eigenvalue weighted by Gasteiger charge is 2.02. The fourth-order valence-electron chi connectivity index (χ4n) is 0.499. The van der Waals surface area contributed by atoms with Gasteiger partial charge in [-0.05, 0) is 19.2 Å². The molecular formula is C5H10NO3S-. The van der Waals surface area contributed by atoms with E-state index in [1.807, 2.05) is 0 Å². The van der Waals surface area contributed by atoms with E-state index in [9.17, 15) is 13.5 Å². The van der Waals surface area contributed by atoms with E-state index in [0.29, 0.717) is 6.42 Å². The molecule has 0 rings (SSSR count). The van der Waals surface area contributed by atoms with E-state index >= 15 is 0 Å². The first kappa shape index (κ1) is 9.42. The highest BCUT2D eigenvalue weighted by Crippen LogP contribution is 1.93. The van der Waals surface area contributed by atoms with Crippen LogP contribution in [0.15, 0.2) is 4.40 Å². The molecule has 0 fully saturated rings. The molecule has 10 heavy (non-hydrogen) atoms. The summed E-state index contributed by atoms with van der Waals surface area (Å²) in [5, 5.41) is 10.2. The highest BCUT2D eigenvalue weighted by atomic mass is 32.2. The van der Waals surface area contributed by atoms with Crippen LogP contribution in [0.25, 0.3) is 0 Å². The molecule has 0 amide bonds. The topological polar surface area (TPSA) is 69.6 Å². The van der Waals surface area contributed by atoms with Crippen LogP contribution in [0.5, 0.6) is 0 Å². The van der Waals surface area contributed by atoms with Gasteiger partial charge in [-0.2, -0.15) is 4.40 Å². The van der Waals surface area contributed by atoms with E-state index in [-0.39, 0.29) is 5.75 Å². The molecule has 0 aliphatic heterocycles. The summed E-state index contributed by atoms with van der Waals surface area (Å²) in [5.41, 5.74) is 0. The Balaban J connectivity index is 4.30. The third-order valence-electron chi connectivity index (χ3n) is 0.730. The molecule has 0 saturated heterocycles. The van der Waals surface area contributed by atoms with Crippen molar-refractivity contribution in [3.8, 4) is 0 Å². The number of hydrogen-bond acceptors (Lipinski definition) is 3. The molecule has 0 aromatic heterocycles. The van der Waals surface area contributed by atoms with Gasteiger partial charge in [0.25, 0.3) is 10.0 Å². The van der Waals surface area contributed by atoms with Crippen molar-refractivity contribution in [2.24, 2.45) is 4.40 Å². The van der Waals surface area contributed by atoms with Gasteiger partial charge < -0.3 is 5.11 Å². The number of rotatable bonds is 3. The maximum atomic E-state index is 10.7. The molecule has 0 radical (unpaired) electrons. The Kier molecular flexibility index (Phi) is 3.35. The van der Waals surface area contributed by atoms with Crippen molar-refractivity contribution >= 4 is 15.9 Å². The van der Waals surface area contributed by atoms with Gasteiger partial charge in [0.15, 0.2) is 0 Å². The molecule has 5 heteroatoms. The van der Waals surface area contributed by atoms with Crippen molar-refractivity contribution < 1.29 is 13.5 Å². The third kappa shape index (κ3) is 4.31. The standard InChI is InChI=1S/C5H11NO3S/c1-3-4-10(8,9)6-5(2)7/h3-4H2,1-2H3,(H,6,7)/p-1. The summed E-state index contributed by atoms with van der Waals surface area (Å²) in [6.07, 6.45) is 0.485. The zero-order valence-electron chi connectivity index (χ0n) is 5.99. The van der Waals surface area contributed by atoms with Gasteiger partial charge >= 0.3 is 0 Å². The minimum absolute atomic E-state index is 0.0490. The lowest BCUT2D eigenvalue weighted by molar-refractivity contribution is -0.215. The van der Waals surface area contributed by atoms with E-state index in [2.05, 4.69) is 4.40 Å². The van der Waals surface area contributed by atoms with Crippen LogP contribution in [0.4, 0.5) is 0 Å². The zero-order valence-corrected chi connectivity index (χ0v) is 6.81. The van der Waals surface area contributed by atoms with Gasteiger partial charge in [0.05, 0.1) is 5.75 Å². The molecule has 0 aliphatic rings. The number of nitrogens with zero attached hydrogens (tertiary/aromatic N) is 1. The predicted octanol–water partition coefficient (Wildman–Crippen LogP) is -0.495. The first-order valence-corrected chi connectivity index (χ1v) is 4.55. The van der Waals surface area contributed by atoms with Crippen molar-refractivity contribution in [2.75, 3.05) is 5.75 Å². The molecule has 4 nitrogen and oxygen atoms in total. The molecule has 0 aliphatic carbocycles. The predicted molar refractivity (Wildman–Crippen MR) is 37.2 cm³/mol. The summed E-state index contributed by atoms with van der Waals surface area (Å²) in [6, 6.07) is 0. The van der Waals surface area contributed by atoms with Crippen molar-refractivity contribution in [3.05, 3.63) is 0 Å². The summed E-state index contributed by atoms with van der Waals surface area (Å²) in [5.74, 6) is -0.708. The second kappa shape index (κ2) is 3.55. The van der Waals surface area contributed by atoms with Crippen LogP contribution in [0.1, 0.15) is 20.3 Å². The van der Waals surface area contributed by atoms with Crippen molar-refractivity contribution in [1.29, 1.82) is 0 Å². The maximum absolute atomic E-state index is 10.7. The average Bonchev–Trinajstić information content (AvgIpc) is 1.59. The van der Waals surface area contributed by atoms with Crippen LogP contribution in [0.3, 0.4) is 0 Å². The van der Waals surface area contributed by atoms with Gasteiger partial charge in [0.1, 0.15) is 0 Å². The fraction of sp³-hybridized carbons (Fsp3) is 0.800. The van der Waals surface area contributed by atoms with Crippen LogP contribution in [0, 0.1) is 0 Å². The van der Waals surface area contributed by atoms with Gasteiger partial charge in [-0.1, -0.05) is 6.92 Å². The van der Waals surface area contributed by atoms with E-state index in [1.165, 1.54) is 0 Å². The van der Waals surface area contributed by atoms with Gasteiger partial charge in [0, 0.05) is 0 Å². The summed E-state index contributed by atoms with van der Waals surface area (Å²) in [4.78, 5) is 0. The maximum Gasteiger partial charge on any atom is 0.252 e. The first-order chi connectivity index (χ1) is 4.48. The average molecular weight is 164 g/mol. The van der Waals surface area contributed by atoms with Gasteiger partial charge in [-0.25, -0.2) is 8.42 Å². The summed E-state index contributed by atoms with van der Waals surface area (Å²) >= 11 is 0. The van der Waals surface area contributed by atoms with Crippen LogP contribution in [0.2, 0.25) is 0 Å². The molecule has 0 saturated carbocycles. The van der Waals surface area contributed by atoms with Crippen LogP contribution in [-0.2, 0) is 10.0 Å². The second-order valence-electron chi connectivity index (χ2n) is 1.90. The molecule has 0 bridgehead atoms. The molecule has 0 unspecified atom stereocenters. The second-order valence-corrected chi connectivity index (χ2v) is 3.65. The molecule has 60 valence electrons. The minimum atomic E-state index is -3.46. The zero-order chi connectivity index (χ0) is 8.20. The van der Waals surface area contributed by atoms with Crippen LogP contribution >= 0.6 is 0 Å². The van der Waals surface area contributed by atoms with E-state index in [1.54, 1.807) is 6.92 Å². The number of sulfonamides is 1. The third-order valence-corrected chi connectivity index (χ3v) is 2.19. The Morgan fingerprint density at radius 3 is 2.40 bits per heavy atom. The molecule has 0 aromatic carbocycles. The summed E-state index contributed by atoms with van der Waals surface area (Å²) in [7, 11) is -3.46. The quantitative estimate of drug-likeness (QED) is 0.417. The van der Waals surface area contributed by atoms with Crippen molar-refractivity contribution in [3.63, 3.8) is 0 Å². The van der Waals surface area contributed by atoms with Gasteiger partial charge in [0.2, 0.25) is 0 Å². The smallest absolute Gasteiger partial charge is 0.252 e. The summed E-state index contributed by atoms with van der Waals surface area (Å²) in [6.45, 7) is 2.83. The van der Waals surface area contributed by atoms with E-state index < -0.39 is 15.9 Å². The lowest BCUT2D eigenvalue weighted by atomic mass is 10.6. The highest BCUT2D eigenvalue weighted by molar-refractivity contribution is 7.90. The Labute approximate surface area is 60.6 Å². The van der Waals surface area contributed by atoms with E-state index in [4.69, 9.17) is 0 Å². The molecule has 0 atom stereocenters. The molecule has 0 spiro atoms. The molecular weight excluding hydrogens is 154 g/mol. The van der Waals surface area contributed by atoms with Crippen LogP contribution in [-0.4, -0.2) is 20.1 Å². The Morgan fingerprint density at radius 2 is 2.10 bits per heavy atom. The number of hydrogen-bond donors (Lipinski definition) is 0. The van der Waals surface area contributed by atoms with E-state index in [0.717, 1.165) is 6.92 Å². The summed E-state index contributed by atoms with van der Waals surface area (Å²) < 4.78 is 24.2. The lowest BCUT2D eigenvalue weighted by Gasteiger charge is -2.01. The molecule has 0 aromatic rings. The van der Waals surface area contributed by atoms with Crippen LogP contribution < -0.4 is 5.11 Å². The van der Waals surface area contributed by atoms with Gasteiger partial charge in [-0.3, -0.25) is 0 Å². The van der Waals surface area contributed by atoms with Gasteiger partial charge in [-0.15, -0.1) is 0 Å². The fourth-order valence-corrected chi connectivity index (χ4v) is 1.50. The largest absolute Gasteiger partial charge is 0.861 e. The monoisotopic (exact) mass is 164 g/mol. The normalized spacial score (nSPS) is 13.6. The lowest BCUT2D eigenvalue weighted by Crippen LogP contribution is -2.15. The minimum Gasteiger partial charge on any atom is -0.861 e. The Morgan fingerprint density at radius 1 is 1.60 bits per heavy atom. The Hall–Kier alpha value is -0.580. The Bertz CT molecular complexity index is 213. The molecule has 0 N–H and O–H groups in total. The van der Waals surface area contributed by atoms with Crippen molar-refractivity contribution in [2.45, 2.75) is 20.3 Å².